The van der Waals surface area contributed by atoms with Crippen molar-refractivity contribution in [2.24, 2.45) is 11.8 Å². The Kier molecular flexibility index (Phi) is 4.85. The van der Waals surface area contributed by atoms with Gasteiger partial charge in [0.25, 0.3) is 0 Å². The summed E-state index contributed by atoms with van der Waals surface area (Å²) in [6.45, 7) is 10.3. The van der Waals surface area contributed by atoms with E-state index in [1.807, 2.05) is 11.3 Å². The molecule has 1 saturated carbocycles. The molecule has 0 spiro atoms. The van der Waals surface area contributed by atoms with E-state index in [1.54, 1.807) is 4.88 Å². The predicted octanol–water partition coefficient (Wildman–Crippen LogP) is 4.57. The largest absolute Gasteiger partial charge is 0.314 e. The van der Waals surface area contributed by atoms with Crippen molar-refractivity contribution >= 4 is 11.3 Å². The second-order valence-corrected chi connectivity index (χ2v) is 7.62. The number of aryl methyl sites for hydroxylation is 1. The van der Waals surface area contributed by atoms with Crippen molar-refractivity contribution in [2.75, 3.05) is 6.54 Å². The van der Waals surface area contributed by atoms with Gasteiger partial charge in [0, 0.05) is 15.8 Å². The van der Waals surface area contributed by atoms with E-state index in [-0.39, 0.29) is 0 Å². The molecule has 1 aromatic heterocycles. The molecule has 0 radical (unpaired) electrons. The fourth-order valence-corrected chi connectivity index (χ4v) is 4.16. The molecule has 3 atom stereocenters. The number of thiophene rings is 1. The van der Waals surface area contributed by atoms with Crippen molar-refractivity contribution in [3.05, 3.63) is 21.9 Å². The summed E-state index contributed by atoms with van der Waals surface area (Å²) in [7, 11) is 0. The molecule has 1 heterocycles. The van der Waals surface area contributed by atoms with Gasteiger partial charge in [0.1, 0.15) is 0 Å². The normalized spacial score (nSPS) is 28.8. The first-order valence-corrected chi connectivity index (χ1v) is 8.17. The van der Waals surface area contributed by atoms with Gasteiger partial charge >= 0.3 is 0 Å². The smallest absolute Gasteiger partial charge is 0.00823 e. The Hall–Kier alpha value is -0.340. The van der Waals surface area contributed by atoms with Crippen LogP contribution in [-0.2, 0) is 0 Å². The Morgan fingerprint density at radius 2 is 2.11 bits per heavy atom. The lowest BCUT2D eigenvalue weighted by atomic mass is 9.74. The van der Waals surface area contributed by atoms with Crippen LogP contribution in [0.4, 0.5) is 0 Å². The molecule has 1 N–H and O–H groups in total. The number of rotatable bonds is 4. The van der Waals surface area contributed by atoms with Crippen LogP contribution in [0.3, 0.4) is 0 Å². The quantitative estimate of drug-likeness (QED) is 0.840. The summed E-state index contributed by atoms with van der Waals surface area (Å²) in [5, 5.41) is 3.64. The second kappa shape index (κ2) is 6.21. The van der Waals surface area contributed by atoms with Crippen LogP contribution in [0, 0.1) is 18.8 Å². The van der Waals surface area contributed by atoms with Crippen LogP contribution >= 0.6 is 11.3 Å². The van der Waals surface area contributed by atoms with Gasteiger partial charge in [-0.15, -0.1) is 11.3 Å². The highest BCUT2D eigenvalue weighted by molar-refractivity contribution is 7.12. The van der Waals surface area contributed by atoms with Gasteiger partial charge in [0.15, 0.2) is 0 Å². The van der Waals surface area contributed by atoms with Crippen molar-refractivity contribution in [2.45, 2.75) is 58.9 Å². The number of hydrogen-bond acceptors (Lipinski definition) is 2. The first kappa shape index (κ1) is 14.1. The monoisotopic (exact) mass is 265 g/mol. The maximum atomic E-state index is 3.64. The summed E-state index contributed by atoms with van der Waals surface area (Å²) in [5.74, 6) is 2.52. The van der Waals surface area contributed by atoms with Gasteiger partial charge < -0.3 is 5.32 Å². The van der Waals surface area contributed by atoms with Crippen LogP contribution in [0.5, 0.6) is 0 Å². The Labute approximate surface area is 116 Å². The van der Waals surface area contributed by atoms with Crippen LogP contribution in [0.25, 0.3) is 0 Å². The molecule has 0 bridgehead atoms. The maximum Gasteiger partial charge on any atom is 0.00823 e. The molecule has 0 saturated heterocycles. The van der Waals surface area contributed by atoms with E-state index >= 15 is 0 Å². The van der Waals surface area contributed by atoms with Gasteiger partial charge in [-0.3, -0.25) is 0 Å². The second-order valence-electron chi connectivity index (χ2n) is 6.30. The molecule has 1 fully saturated rings. The highest BCUT2D eigenvalue weighted by Crippen LogP contribution is 2.42. The van der Waals surface area contributed by atoms with Crippen molar-refractivity contribution in [1.29, 1.82) is 0 Å². The molecule has 3 unspecified atom stereocenters. The van der Waals surface area contributed by atoms with Crippen molar-refractivity contribution in [1.82, 2.24) is 5.32 Å². The van der Waals surface area contributed by atoms with Crippen molar-refractivity contribution < 1.29 is 0 Å². The Morgan fingerprint density at radius 1 is 1.33 bits per heavy atom. The van der Waals surface area contributed by atoms with Crippen LogP contribution in [0.1, 0.15) is 55.7 Å². The minimum atomic E-state index is 0.607. The highest BCUT2D eigenvalue weighted by Gasteiger charge is 2.30. The van der Waals surface area contributed by atoms with Crippen molar-refractivity contribution in [3.8, 4) is 0 Å². The average Bonchev–Trinajstić information content (AvgIpc) is 2.74. The number of hydrogen-bond donors (Lipinski definition) is 1. The van der Waals surface area contributed by atoms with E-state index < -0.39 is 0 Å². The first-order valence-electron chi connectivity index (χ1n) is 7.36. The van der Waals surface area contributed by atoms with Gasteiger partial charge in [0.05, 0.1) is 0 Å². The Balaban J connectivity index is 2.06. The minimum absolute atomic E-state index is 0.607. The Bertz CT molecular complexity index is 369. The summed E-state index contributed by atoms with van der Waals surface area (Å²) in [5.41, 5.74) is 0. The SMILES string of the molecule is Cc1ccc(C2CC(C)CCC2CNC(C)C)s1. The molecule has 0 aliphatic heterocycles. The molecule has 2 rings (SSSR count). The maximum absolute atomic E-state index is 3.64. The molecular weight excluding hydrogens is 238 g/mol. The number of nitrogens with one attached hydrogen (secondary N) is 1. The van der Waals surface area contributed by atoms with Gasteiger partial charge in [-0.2, -0.15) is 0 Å². The zero-order valence-electron chi connectivity index (χ0n) is 12.2. The highest BCUT2D eigenvalue weighted by atomic mass is 32.1. The van der Waals surface area contributed by atoms with E-state index in [0.717, 1.165) is 17.8 Å². The van der Waals surface area contributed by atoms with Crippen LogP contribution in [0.2, 0.25) is 0 Å². The molecule has 18 heavy (non-hydrogen) atoms. The van der Waals surface area contributed by atoms with Crippen LogP contribution in [-0.4, -0.2) is 12.6 Å². The van der Waals surface area contributed by atoms with Crippen LogP contribution in [0.15, 0.2) is 12.1 Å². The predicted molar refractivity (Wildman–Crippen MR) is 81.4 cm³/mol. The summed E-state index contributed by atoms with van der Waals surface area (Å²) < 4.78 is 0. The standard InChI is InChI=1S/C16H27NS/c1-11(2)17-10-14-7-5-12(3)9-15(14)16-8-6-13(4)18-16/h6,8,11-12,14-15,17H,5,7,9-10H2,1-4H3. The van der Waals surface area contributed by atoms with E-state index in [9.17, 15) is 0 Å². The molecule has 102 valence electrons. The molecule has 0 aromatic carbocycles. The molecule has 1 nitrogen and oxygen atoms in total. The Morgan fingerprint density at radius 3 is 2.72 bits per heavy atom. The average molecular weight is 265 g/mol. The topological polar surface area (TPSA) is 12.0 Å². The third kappa shape index (κ3) is 3.58. The summed E-state index contributed by atoms with van der Waals surface area (Å²) in [4.78, 5) is 3.08. The molecule has 0 amide bonds. The van der Waals surface area contributed by atoms with E-state index in [2.05, 4.69) is 45.1 Å². The van der Waals surface area contributed by atoms with E-state index in [0.29, 0.717) is 6.04 Å². The minimum Gasteiger partial charge on any atom is -0.314 e. The first-order chi connectivity index (χ1) is 8.56. The van der Waals surface area contributed by atoms with E-state index in [1.165, 1.54) is 30.7 Å². The van der Waals surface area contributed by atoms with E-state index in [4.69, 9.17) is 0 Å². The zero-order valence-corrected chi connectivity index (χ0v) is 13.0. The van der Waals surface area contributed by atoms with Crippen LogP contribution < -0.4 is 5.32 Å². The van der Waals surface area contributed by atoms with Crippen molar-refractivity contribution in [3.63, 3.8) is 0 Å². The lowest BCUT2D eigenvalue weighted by Gasteiger charge is -2.35. The summed E-state index contributed by atoms with van der Waals surface area (Å²) in [6.07, 6.45) is 4.18. The fraction of sp³-hybridized carbons (Fsp3) is 0.750. The lowest BCUT2D eigenvalue weighted by molar-refractivity contribution is 0.240. The van der Waals surface area contributed by atoms with Gasteiger partial charge in [-0.05, 0) is 56.2 Å². The summed E-state index contributed by atoms with van der Waals surface area (Å²) in [6, 6.07) is 5.26. The molecule has 1 aliphatic carbocycles. The molecule has 1 aliphatic rings. The zero-order chi connectivity index (χ0) is 13.1. The van der Waals surface area contributed by atoms with Gasteiger partial charge in [-0.25, -0.2) is 0 Å². The molecule has 2 heteroatoms. The molecule has 1 aromatic rings. The van der Waals surface area contributed by atoms with Gasteiger partial charge in [-0.1, -0.05) is 27.2 Å². The molecular formula is C16H27NS. The fourth-order valence-electron chi connectivity index (χ4n) is 3.08. The third-order valence-corrected chi connectivity index (χ3v) is 5.30. The summed E-state index contributed by atoms with van der Waals surface area (Å²) >= 11 is 2.01. The third-order valence-electron chi connectivity index (χ3n) is 4.17. The lowest BCUT2D eigenvalue weighted by Crippen LogP contribution is -2.34. The van der Waals surface area contributed by atoms with Gasteiger partial charge in [0.2, 0.25) is 0 Å².